The minimum atomic E-state index is -0.271. The summed E-state index contributed by atoms with van der Waals surface area (Å²) in [6.45, 7) is 3.04. The minimum absolute atomic E-state index is 0.0717. The van der Waals surface area contributed by atoms with Crippen LogP contribution in [0.3, 0.4) is 0 Å². The normalized spacial score (nSPS) is 12.9. The van der Waals surface area contributed by atoms with Crippen LogP contribution in [0.5, 0.6) is 0 Å². The van der Waals surface area contributed by atoms with E-state index in [1.165, 1.54) is 0 Å². The number of hydrogen-bond donors (Lipinski definition) is 2. The van der Waals surface area contributed by atoms with Gasteiger partial charge >= 0.3 is 0 Å². The third-order valence-electron chi connectivity index (χ3n) is 1.30. The van der Waals surface area contributed by atoms with Crippen molar-refractivity contribution >= 4 is 5.84 Å². The van der Waals surface area contributed by atoms with Crippen LogP contribution in [0.2, 0.25) is 0 Å². The fourth-order valence-electron chi connectivity index (χ4n) is 0.553. The molecule has 0 bridgehead atoms. The second-order valence-electron chi connectivity index (χ2n) is 2.31. The Labute approximate surface area is 67.2 Å². The molecule has 0 aliphatic rings. The Bertz CT molecular complexity index is 117. The first-order valence-electron chi connectivity index (χ1n) is 3.63. The third-order valence-corrected chi connectivity index (χ3v) is 1.30. The molecule has 0 aromatic rings. The first-order chi connectivity index (χ1) is 5.18. The highest BCUT2D eigenvalue weighted by Crippen LogP contribution is 1.91. The highest BCUT2D eigenvalue weighted by molar-refractivity contribution is 5.81. The molecule has 11 heavy (non-hydrogen) atoms. The first kappa shape index (κ1) is 10.4. The fraction of sp³-hybridized carbons (Fsp3) is 0.857. The lowest BCUT2D eigenvalue weighted by molar-refractivity contribution is 0.0840. The standard InChI is InChI=1S/C7H16N2O2/c1-6(7(8)9)11-5-3-4-10-2/h6H,3-5H2,1-2H3,(H3,8,9). The van der Waals surface area contributed by atoms with Crippen molar-refractivity contribution in [2.75, 3.05) is 20.3 Å². The van der Waals surface area contributed by atoms with Crippen LogP contribution in [0.15, 0.2) is 0 Å². The monoisotopic (exact) mass is 160 g/mol. The number of amidine groups is 1. The molecule has 0 aliphatic heterocycles. The van der Waals surface area contributed by atoms with Crippen molar-refractivity contribution < 1.29 is 9.47 Å². The Balaban J connectivity index is 3.17. The Morgan fingerprint density at radius 2 is 2.18 bits per heavy atom. The van der Waals surface area contributed by atoms with Gasteiger partial charge in [-0.1, -0.05) is 0 Å². The second kappa shape index (κ2) is 6.12. The summed E-state index contributed by atoms with van der Waals surface area (Å²) in [5.74, 6) is 0.0717. The van der Waals surface area contributed by atoms with Gasteiger partial charge in [0.15, 0.2) is 0 Å². The van der Waals surface area contributed by atoms with Crippen LogP contribution in [-0.2, 0) is 9.47 Å². The zero-order valence-electron chi connectivity index (χ0n) is 7.09. The predicted molar refractivity (Wildman–Crippen MR) is 43.8 cm³/mol. The summed E-state index contributed by atoms with van der Waals surface area (Å²) in [6.07, 6.45) is 0.570. The molecule has 0 saturated heterocycles. The average molecular weight is 160 g/mol. The number of ether oxygens (including phenoxy) is 2. The van der Waals surface area contributed by atoms with Gasteiger partial charge in [0.1, 0.15) is 11.9 Å². The molecule has 0 amide bonds. The van der Waals surface area contributed by atoms with Gasteiger partial charge in [0.2, 0.25) is 0 Å². The molecule has 0 spiro atoms. The molecule has 0 aromatic heterocycles. The smallest absolute Gasteiger partial charge is 0.120 e. The van der Waals surface area contributed by atoms with Crippen LogP contribution in [0.4, 0.5) is 0 Å². The molecular weight excluding hydrogens is 144 g/mol. The Morgan fingerprint density at radius 1 is 1.55 bits per heavy atom. The van der Waals surface area contributed by atoms with E-state index in [-0.39, 0.29) is 11.9 Å². The highest BCUT2D eigenvalue weighted by Gasteiger charge is 2.03. The molecule has 0 radical (unpaired) electrons. The summed E-state index contributed by atoms with van der Waals surface area (Å²) >= 11 is 0. The van der Waals surface area contributed by atoms with Crippen LogP contribution in [0.25, 0.3) is 0 Å². The van der Waals surface area contributed by atoms with E-state index in [1.54, 1.807) is 14.0 Å². The molecule has 0 aromatic carbocycles. The topological polar surface area (TPSA) is 68.3 Å². The highest BCUT2D eigenvalue weighted by atomic mass is 16.5. The van der Waals surface area contributed by atoms with Crippen molar-refractivity contribution in [2.24, 2.45) is 5.73 Å². The second-order valence-corrected chi connectivity index (χ2v) is 2.31. The summed E-state index contributed by atoms with van der Waals surface area (Å²) in [5.41, 5.74) is 5.18. The lowest BCUT2D eigenvalue weighted by atomic mass is 10.4. The molecule has 0 rings (SSSR count). The molecule has 0 fully saturated rings. The number of hydrogen-bond acceptors (Lipinski definition) is 3. The molecule has 0 aliphatic carbocycles. The quantitative estimate of drug-likeness (QED) is 0.335. The van der Waals surface area contributed by atoms with Gasteiger partial charge in [-0.25, -0.2) is 0 Å². The van der Waals surface area contributed by atoms with E-state index in [0.717, 1.165) is 6.42 Å². The van der Waals surface area contributed by atoms with Gasteiger partial charge in [-0.15, -0.1) is 0 Å². The zero-order valence-corrected chi connectivity index (χ0v) is 7.09. The maximum atomic E-state index is 7.00. The van der Waals surface area contributed by atoms with E-state index in [0.29, 0.717) is 13.2 Å². The Hall–Kier alpha value is -0.610. The SMILES string of the molecule is COCCCOC(C)C(=N)N. The van der Waals surface area contributed by atoms with Crippen molar-refractivity contribution in [3.8, 4) is 0 Å². The molecule has 66 valence electrons. The maximum Gasteiger partial charge on any atom is 0.120 e. The largest absolute Gasteiger partial charge is 0.385 e. The maximum absolute atomic E-state index is 7.00. The molecule has 1 atom stereocenters. The number of methoxy groups -OCH3 is 1. The van der Waals surface area contributed by atoms with Crippen molar-refractivity contribution in [3.63, 3.8) is 0 Å². The van der Waals surface area contributed by atoms with Crippen molar-refractivity contribution in [1.82, 2.24) is 0 Å². The number of nitrogens with one attached hydrogen (secondary N) is 1. The van der Waals surface area contributed by atoms with Gasteiger partial charge in [0.05, 0.1) is 0 Å². The summed E-state index contributed by atoms with van der Waals surface area (Å²) in [7, 11) is 1.65. The minimum Gasteiger partial charge on any atom is -0.385 e. The van der Waals surface area contributed by atoms with Crippen molar-refractivity contribution in [2.45, 2.75) is 19.4 Å². The molecule has 4 heteroatoms. The molecule has 1 unspecified atom stereocenters. The van der Waals surface area contributed by atoms with E-state index in [4.69, 9.17) is 20.6 Å². The van der Waals surface area contributed by atoms with Crippen LogP contribution < -0.4 is 5.73 Å². The zero-order chi connectivity index (χ0) is 8.69. The average Bonchev–Trinajstić information content (AvgIpc) is 1.97. The number of rotatable bonds is 6. The molecule has 4 nitrogen and oxygen atoms in total. The fourth-order valence-corrected chi connectivity index (χ4v) is 0.553. The summed E-state index contributed by atoms with van der Waals surface area (Å²) in [6, 6.07) is 0. The first-order valence-corrected chi connectivity index (χ1v) is 3.63. The van der Waals surface area contributed by atoms with Gasteiger partial charge in [-0.2, -0.15) is 0 Å². The van der Waals surface area contributed by atoms with E-state index >= 15 is 0 Å². The predicted octanol–water partition coefficient (Wildman–Crippen LogP) is 0.364. The Kier molecular flexibility index (Phi) is 5.78. The van der Waals surface area contributed by atoms with Crippen molar-refractivity contribution in [1.29, 1.82) is 5.41 Å². The summed E-state index contributed by atoms with van der Waals surface area (Å²) in [4.78, 5) is 0. The summed E-state index contributed by atoms with van der Waals surface area (Å²) in [5, 5.41) is 7.00. The van der Waals surface area contributed by atoms with Gasteiger partial charge in [-0.05, 0) is 13.3 Å². The Morgan fingerprint density at radius 3 is 2.64 bits per heavy atom. The van der Waals surface area contributed by atoms with Crippen LogP contribution in [0, 0.1) is 5.41 Å². The van der Waals surface area contributed by atoms with Crippen LogP contribution in [0.1, 0.15) is 13.3 Å². The van der Waals surface area contributed by atoms with Gasteiger partial charge in [0.25, 0.3) is 0 Å². The lowest BCUT2D eigenvalue weighted by Gasteiger charge is -2.10. The molecule has 0 saturated carbocycles. The number of nitrogens with two attached hydrogens (primary N) is 1. The van der Waals surface area contributed by atoms with Gasteiger partial charge in [0, 0.05) is 20.3 Å². The summed E-state index contributed by atoms with van der Waals surface area (Å²) < 4.78 is 10.00. The van der Waals surface area contributed by atoms with E-state index in [2.05, 4.69) is 0 Å². The van der Waals surface area contributed by atoms with Crippen molar-refractivity contribution in [3.05, 3.63) is 0 Å². The van der Waals surface area contributed by atoms with Gasteiger partial charge < -0.3 is 15.2 Å². The molecule has 0 heterocycles. The molecule has 3 N–H and O–H groups in total. The molecular formula is C7H16N2O2. The van der Waals surface area contributed by atoms with E-state index < -0.39 is 0 Å². The third kappa shape index (κ3) is 5.82. The van der Waals surface area contributed by atoms with Gasteiger partial charge in [-0.3, -0.25) is 5.41 Å². The van der Waals surface area contributed by atoms with Crippen LogP contribution in [-0.4, -0.2) is 32.3 Å². The van der Waals surface area contributed by atoms with E-state index in [1.807, 2.05) is 0 Å². The van der Waals surface area contributed by atoms with E-state index in [9.17, 15) is 0 Å². The van der Waals surface area contributed by atoms with Crippen LogP contribution >= 0.6 is 0 Å². The lowest BCUT2D eigenvalue weighted by Crippen LogP contribution is -2.28.